The Morgan fingerprint density at radius 2 is 2.08 bits per heavy atom. The summed E-state index contributed by atoms with van der Waals surface area (Å²) < 4.78 is -1.53. The zero-order valence-corrected chi connectivity index (χ0v) is 8.53. The van der Waals surface area contributed by atoms with E-state index >= 15 is 0 Å². The van der Waals surface area contributed by atoms with E-state index < -0.39 is 3.79 Å². The number of halogens is 3. The predicted octanol–water partition coefficient (Wildman–Crippen LogP) is 2.78. The molecule has 0 unspecified atom stereocenters. The molecule has 0 fully saturated rings. The van der Waals surface area contributed by atoms with E-state index in [9.17, 15) is 0 Å². The SMILES string of the molecule is ClC(Cl)(Cl)c1nc2ncccc2[nH]1. The third-order valence-corrected chi connectivity index (χ3v) is 2.06. The smallest absolute Gasteiger partial charge is 0.248 e. The van der Waals surface area contributed by atoms with Crippen LogP contribution in [0, 0.1) is 0 Å². The zero-order chi connectivity index (χ0) is 9.47. The molecular weight excluding hydrogens is 232 g/mol. The number of rotatable bonds is 0. The second-order valence-corrected chi connectivity index (χ2v) is 4.74. The molecule has 13 heavy (non-hydrogen) atoms. The number of nitrogens with zero attached hydrogens (tertiary/aromatic N) is 2. The van der Waals surface area contributed by atoms with E-state index in [1.807, 2.05) is 6.07 Å². The van der Waals surface area contributed by atoms with Crippen LogP contribution >= 0.6 is 34.8 Å². The molecule has 0 aliphatic rings. The molecular formula is C7H4Cl3N3. The lowest BCUT2D eigenvalue weighted by molar-refractivity contribution is 1.04. The molecule has 0 saturated carbocycles. The number of aromatic nitrogens is 3. The highest BCUT2D eigenvalue weighted by Gasteiger charge is 2.27. The summed E-state index contributed by atoms with van der Waals surface area (Å²) in [6.07, 6.45) is 1.63. The highest BCUT2D eigenvalue weighted by atomic mass is 35.6. The van der Waals surface area contributed by atoms with Crippen molar-refractivity contribution in [3.63, 3.8) is 0 Å². The normalized spacial score (nSPS) is 12.2. The van der Waals surface area contributed by atoms with Crippen LogP contribution < -0.4 is 0 Å². The summed E-state index contributed by atoms with van der Waals surface area (Å²) in [5, 5.41) is 0. The minimum atomic E-state index is -1.53. The van der Waals surface area contributed by atoms with Gasteiger partial charge in [0, 0.05) is 6.20 Å². The molecule has 6 heteroatoms. The highest BCUT2D eigenvalue weighted by Crippen LogP contribution is 2.36. The van der Waals surface area contributed by atoms with E-state index in [2.05, 4.69) is 15.0 Å². The predicted molar refractivity (Wildman–Crippen MR) is 53.1 cm³/mol. The van der Waals surface area contributed by atoms with Crippen LogP contribution in [0.5, 0.6) is 0 Å². The van der Waals surface area contributed by atoms with Gasteiger partial charge in [0.15, 0.2) is 11.5 Å². The van der Waals surface area contributed by atoms with Crippen LogP contribution in [0.25, 0.3) is 11.2 Å². The summed E-state index contributed by atoms with van der Waals surface area (Å²) in [7, 11) is 0. The topological polar surface area (TPSA) is 41.6 Å². The third kappa shape index (κ3) is 1.73. The molecule has 1 N–H and O–H groups in total. The van der Waals surface area contributed by atoms with Crippen molar-refractivity contribution in [3.8, 4) is 0 Å². The van der Waals surface area contributed by atoms with Gasteiger partial charge >= 0.3 is 0 Å². The number of fused-ring (bicyclic) bond motifs is 1. The first-order valence-corrected chi connectivity index (χ1v) is 4.59. The Balaban J connectivity index is 2.63. The maximum Gasteiger partial charge on any atom is 0.248 e. The van der Waals surface area contributed by atoms with Gasteiger partial charge in [-0.1, -0.05) is 34.8 Å². The van der Waals surface area contributed by atoms with Gasteiger partial charge in [-0.05, 0) is 12.1 Å². The Morgan fingerprint density at radius 3 is 2.69 bits per heavy atom. The van der Waals surface area contributed by atoms with E-state index in [1.165, 1.54) is 0 Å². The molecule has 0 spiro atoms. The van der Waals surface area contributed by atoms with Gasteiger partial charge in [-0.3, -0.25) is 0 Å². The molecule has 3 nitrogen and oxygen atoms in total. The zero-order valence-electron chi connectivity index (χ0n) is 6.26. The Kier molecular flexibility index (Phi) is 2.10. The fraction of sp³-hybridized carbons (Fsp3) is 0.143. The Morgan fingerprint density at radius 1 is 1.31 bits per heavy atom. The molecule has 68 valence electrons. The largest absolute Gasteiger partial charge is 0.337 e. The summed E-state index contributed by atoms with van der Waals surface area (Å²) in [6.45, 7) is 0. The maximum atomic E-state index is 5.64. The quantitative estimate of drug-likeness (QED) is 0.715. The van der Waals surface area contributed by atoms with Crippen molar-refractivity contribution in [2.24, 2.45) is 0 Å². The fourth-order valence-corrected chi connectivity index (χ4v) is 1.25. The molecule has 2 aromatic heterocycles. The summed E-state index contributed by atoms with van der Waals surface area (Å²) >= 11 is 16.9. The van der Waals surface area contributed by atoms with Gasteiger partial charge < -0.3 is 4.98 Å². The van der Waals surface area contributed by atoms with Crippen LogP contribution in [0.15, 0.2) is 18.3 Å². The minimum Gasteiger partial charge on any atom is -0.337 e. The van der Waals surface area contributed by atoms with Gasteiger partial charge in [0.25, 0.3) is 0 Å². The molecule has 2 heterocycles. The van der Waals surface area contributed by atoms with Crippen LogP contribution in [-0.2, 0) is 3.79 Å². The standard InChI is InChI=1S/C7H4Cl3N3/c8-7(9,10)6-12-4-2-1-3-11-5(4)13-6/h1-3H,(H,11,12,13). The molecule has 0 aliphatic heterocycles. The number of pyridine rings is 1. The van der Waals surface area contributed by atoms with Crippen LogP contribution in [0.3, 0.4) is 0 Å². The first kappa shape index (κ1) is 9.06. The van der Waals surface area contributed by atoms with Crippen molar-refractivity contribution in [2.45, 2.75) is 3.79 Å². The minimum absolute atomic E-state index is 0.284. The van der Waals surface area contributed by atoms with Gasteiger partial charge in [0.1, 0.15) is 0 Å². The Labute approximate surface area is 89.0 Å². The molecule has 0 aliphatic carbocycles. The molecule has 2 rings (SSSR count). The number of imidazole rings is 1. The van der Waals surface area contributed by atoms with Crippen molar-refractivity contribution < 1.29 is 0 Å². The van der Waals surface area contributed by atoms with E-state index in [0.717, 1.165) is 5.52 Å². The van der Waals surface area contributed by atoms with Crippen molar-refractivity contribution in [2.75, 3.05) is 0 Å². The lowest BCUT2D eigenvalue weighted by atomic mass is 10.4. The Bertz CT molecular complexity index is 399. The molecule has 0 aromatic carbocycles. The number of H-pyrrole nitrogens is 1. The second kappa shape index (κ2) is 3.01. The molecule has 0 saturated heterocycles. The molecule has 2 aromatic rings. The third-order valence-electron chi connectivity index (χ3n) is 1.53. The average Bonchev–Trinajstić information content (AvgIpc) is 2.45. The summed E-state index contributed by atoms with van der Waals surface area (Å²) in [5.74, 6) is 0.284. The maximum absolute atomic E-state index is 5.64. The fourth-order valence-electron chi connectivity index (χ4n) is 0.979. The molecule has 0 amide bonds. The second-order valence-electron chi connectivity index (χ2n) is 2.46. The first-order valence-electron chi connectivity index (χ1n) is 3.45. The number of hydrogen-bond donors (Lipinski definition) is 1. The van der Waals surface area contributed by atoms with E-state index in [-0.39, 0.29) is 5.82 Å². The van der Waals surface area contributed by atoms with Gasteiger partial charge in [-0.15, -0.1) is 0 Å². The summed E-state index contributed by atoms with van der Waals surface area (Å²) in [5.41, 5.74) is 1.30. The average molecular weight is 236 g/mol. The van der Waals surface area contributed by atoms with E-state index in [1.54, 1.807) is 12.3 Å². The van der Waals surface area contributed by atoms with Crippen LogP contribution in [0.1, 0.15) is 5.82 Å². The highest BCUT2D eigenvalue weighted by molar-refractivity contribution is 6.66. The van der Waals surface area contributed by atoms with Crippen LogP contribution in [0.2, 0.25) is 0 Å². The number of nitrogens with one attached hydrogen (secondary N) is 1. The van der Waals surface area contributed by atoms with Crippen molar-refractivity contribution >= 4 is 46.0 Å². The van der Waals surface area contributed by atoms with E-state index in [0.29, 0.717) is 5.65 Å². The van der Waals surface area contributed by atoms with E-state index in [4.69, 9.17) is 34.8 Å². The van der Waals surface area contributed by atoms with Crippen molar-refractivity contribution in [3.05, 3.63) is 24.2 Å². The van der Waals surface area contributed by atoms with Gasteiger partial charge in [0.2, 0.25) is 3.79 Å². The number of hydrogen-bond acceptors (Lipinski definition) is 2. The summed E-state index contributed by atoms with van der Waals surface area (Å²) in [6, 6.07) is 3.60. The number of aromatic amines is 1. The van der Waals surface area contributed by atoms with Gasteiger partial charge in [0.05, 0.1) is 5.52 Å². The van der Waals surface area contributed by atoms with Crippen molar-refractivity contribution in [1.29, 1.82) is 0 Å². The van der Waals surface area contributed by atoms with Crippen LogP contribution in [0.4, 0.5) is 0 Å². The van der Waals surface area contributed by atoms with Gasteiger partial charge in [-0.25, -0.2) is 9.97 Å². The monoisotopic (exact) mass is 235 g/mol. The first-order chi connectivity index (χ1) is 6.07. The lowest BCUT2D eigenvalue weighted by Crippen LogP contribution is -2.02. The molecule has 0 bridgehead atoms. The van der Waals surface area contributed by atoms with Crippen molar-refractivity contribution in [1.82, 2.24) is 15.0 Å². The van der Waals surface area contributed by atoms with Gasteiger partial charge in [-0.2, -0.15) is 0 Å². The molecule has 0 atom stereocenters. The van der Waals surface area contributed by atoms with Crippen LogP contribution in [-0.4, -0.2) is 15.0 Å². The molecule has 0 radical (unpaired) electrons. The lowest BCUT2D eigenvalue weighted by Gasteiger charge is -2.04. The Hall–Kier alpha value is -0.510. The summed E-state index contributed by atoms with van der Waals surface area (Å²) in [4.78, 5) is 10.9. The number of alkyl halides is 3.